The normalized spacial score (nSPS) is 16.4. The van der Waals surface area contributed by atoms with Gasteiger partial charge in [-0.25, -0.2) is 9.79 Å². The summed E-state index contributed by atoms with van der Waals surface area (Å²) in [5, 5.41) is 3.79. The minimum absolute atomic E-state index is 0.0333. The molecule has 4 rings (SSSR count). The highest BCUT2D eigenvalue weighted by molar-refractivity contribution is 8.15. The van der Waals surface area contributed by atoms with Crippen molar-refractivity contribution >= 4 is 69.3 Å². The molecular formula is C28H25Cl2N3O4S. The number of nitrogens with zero attached hydrogens (tertiary/aromatic N) is 2. The Morgan fingerprint density at radius 2 is 1.63 bits per heavy atom. The third-order valence-corrected chi connectivity index (χ3v) is 7.38. The molecule has 0 aromatic heterocycles. The first-order valence-electron chi connectivity index (χ1n) is 12.0. The number of amides is 2. The maximum absolute atomic E-state index is 13.2. The summed E-state index contributed by atoms with van der Waals surface area (Å²) >= 11 is 13.2. The number of carbonyl (C=O) groups excluding carboxylic acids is 3. The summed E-state index contributed by atoms with van der Waals surface area (Å²) in [4.78, 5) is 44.6. The number of benzene rings is 3. The number of halogens is 2. The van der Waals surface area contributed by atoms with Gasteiger partial charge in [-0.3, -0.25) is 14.5 Å². The van der Waals surface area contributed by atoms with E-state index in [1.54, 1.807) is 72.5 Å². The highest BCUT2D eigenvalue weighted by Gasteiger charge is 2.35. The lowest BCUT2D eigenvalue weighted by molar-refractivity contribution is -0.129. The van der Waals surface area contributed by atoms with E-state index < -0.39 is 11.2 Å². The van der Waals surface area contributed by atoms with Crippen molar-refractivity contribution in [2.24, 2.45) is 4.99 Å². The molecule has 1 saturated heterocycles. The van der Waals surface area contributed by atoms with Gasteiger partial charge in [0.1, 0.15) is 5.25 Å². The lowest BCUT2D eigenvalue weighted by atomic mass is 10.1. The van der Waals surface area contributed by atoms with Crippen LogP contribution in [0.3, 0.4) is 0 Å². The number of aliphatic imine (C=N–C) groups is 1. The first-order valence-corrected chi connectivity index (χ1v) is 13.6. The highest BCUT2D eigenvalue weighted by atomic mass is 35.5. The second-order valence-corrected chi connectivity index (χ2v) is 10.4. The predicted molar refractivity (Wildman–Crippen MR) is 152 cm³/mol. The van der Waals surface area contributed by atoms with Gasteiger partial charge in [0, 0.05) is 28.7 Å². The van der Waals surface area contributed by atoms with Crippen LogP contribution < -0.4 is 5.32 Å². The number of carbonyl (C=O) groups is 3. The zero-order valence-corrected chi connectivity index (χ0v) is 22.9. The van der Waals surface area contributed by atoms with Crippen LogP contribution in [0.4, 0.5) is 11.4 Å². The van der Waals surface area contributed by atoms with Crippen LogP contribution in [0.15, 0.2) is 77.8 Å². The van der Waals surface area contributed by atoms with Crippen molar-refractivity contribution in [1.82, 2.24) is 4.90 Å². The molecule has 196 valence electrons. The Bertz CT molecular complexity index is 1330. The second-order valence-electron chi connectivity index (χ2n) is 8.39. The molecule has 10 heteroatoms. The average Bonchev–Trinajstić information content (AvgIpc) is 2.91. The first kappa shape index (κ1) is 27.7. The van der Waals surface area contributed by atoms with E-state index in [2.05, 4.69) is 10.3 Å². The second kappa shape index (κ2) is 13.0. The number of esters is 1. The Morgan fingerprint density at radius 3 is 2.26 bits per heavy atom. The van der Waals surface area contributed by atoms with Gasteiger partial charge >= 0.3 is 5.97 Å². The number of ether oxygens (including phenoxy) is 1. The Kier molecular flexibility index (Phi) is 9.44. The van der Waals surface area contributed by atoms with E-state index in [-0.39, 0.29) is 24.8 Å². The predicted octanol–water partition coefficient (Wildman–Crippen LogP) is 6.37. The number of thioether (sulfide) groups is 1. The molecule has 0 aliphatic carbocycles. The van der Waals surface area contributed by atoms with E-state index in [4.69, 9.17) is 27.9 Å². The van der Waals surface area contributed by atoms with Crippen molar-refractivity contribution in [3.8, 4) is 0 Å². The molecular weight excluding hydrogens is 545 g/mol. The minimum Gasteiger partial charge on any atom is -0.462 e. The van der Waals surface area contributed by atoms with Gasteiger partial charge in [-0.05, 0) is 79.6 Å². The molecule has 1 heterocycles. The minimum atomic E-state index is -0.664. The Labute approximate surface area is 235 Å². The largest absolute Gasteiger partial charge is 0.462 e. The van der Waals surface area contributed by atoms with Crippen LogP contribution in [0.2, 0.25) is 10.0 Å². The fourth-order valence-corrected chi connectivity index (χ4v) is 5.08. The molecule has 2 amide bonds. The van der Waals surface area contributed by atoms with Crippen LogP contribution in [0.1, 0.15) is 29.3 Å². The molecule has 38 heavy (non-hydrogen) atoms. The van der Waals surface area contributed by atoms with Crippen molar-refractivity contribution in [1.29, 1.82) is 0 Å². The molecule has 1 unspecified atom stereocenters. The molecule has 1 atom stereocenters. The van der Waals surface area contributed by atoms with Gasteiger partial charge < -0.3 is 10.1 Å². The number of rotatable bonds is 8. The van der Waals surface area contributed by atoms with Gasteiger partial charge in [-0.1, -0.05) is 47.1 Å². The summed E-state index contributed by atoms with van der Waals surface area (Å²) in [7, 11) is 0. The van der Waals surface area contributed by atoms with Crippen LogP contribution in [-0.4, -0.2) is 46.3 Å². The summed E-state index contributed by atoms with van der Waals surface area (Å²) in [6.07, 6.45) is 0.622. The molecule has 3 aromatic carbocycles. The standard InChI is InChI=1S/C28H25Cl2N3O4S/c1-2-37-27(36)19-5-11-23(12-6-19)32-28-33(16-15-18-3-7-20(29)8-4-18)25(34)17-24(38-28)26(35)31-22-13-9-21(30)10-14-22/h3-14,24H,2,15-17H2,1H3,(H,31,35). The van der Waals surface area contributed by atoms with Gasteiger partial charge in [0.05, 0.1) is 17.9 Å². The Morgan fingerprint density at radius 1 is 1.00 bits per heavy atom. The quantitative estimate of drug-likeness (QED) is 0.318. The zero-order chi connectivity index (χ0) is 27.1. The molecule has 1 aliphatic heterocycles. The smallest absolute Gasteiger partial charge is 0.338 e. The van der Waals surface area contributed by atoms with Crippen LogP contribution in [0.25, 0.3) is 0 Å². The molecule has 0 saturated carbocycles. The third kappa shape index (κ3) is 7.37. The topological polar surface area (TPSA) is 88.1 Å². The van der Waals surface area contributed by atoms with E-state index in [1.165, 1.54) is 11.8 Å². The van der Waals surface area contributed by atoms with Crippen LogP contribution in [0.5, 0.6) is 0 Å². The number of hydrogen-bond acceptors (Lipinski definition) is 6. The molecule has 1 fully saturated rings. The monoisotopic (exact) mass is 569 g/mol. The van der Waals surface area contributed by atoms with E-state index in [0.29, 0.717) is 45.1 Å². The average molecular weight is 570 g/mol. The maximum Gasteiger partial charge on any atom is 0.338 e. The zero-order valence-electron chi connectivity index (χ0n) is 20.5. The fraction of sp³-hybridized carbons (Fsp3) is 0.214. The van der Waals surface area contributed by atoms with Crippen LogP contribution >= 0.6 is 35.0 Å². The van der Waals surface area contributed by atoms with Crippen molar-refractivity contribution in [2.45, 2.75) is 25.0 Å². The highest BCUT2D eigenvalue weighted by Crippen LogP contribution is 2.30. The first-order chi connectivity index (χ1) is 18.3. The Hall–Kier alpha value is -3.33. The van der Waals surface area contributed by atoms with Crippen LogP contribution in [0, 0.1) is 0 Å². The summed E-state index contributed by atoms with van der Waals surface area (Å²) < 4.78 is 5.03. The lowest BCUT2D eigenvalue weighted by Crippen LogP contribution is -2.46. The van der Waals surface area contributed by atoms with E-state index in [1.807, 2.05) is 12.1 Å². The van der Waals surface area contributed by atoms with Gasteiger partial charge in [-0.2, -0.15) is 0 Å². The van der Waals surface area contributed by atoms with Crippen molar-refractivity contribution in [3.63, 3.8) is 0 Å². The number of hydrogen-bond donors (Lipinski definition) is 1. The Balaban J connectivity index is 1.55. The molecule has 0 spiro atoms. The fourth-order valence-electron chi connectivity index (χ4n) is 3.71. The summed E-state index contributed by atoms with van der Waals surface area (Å²) in [6, 6.07) is 20.8. The summed E-state index contributed by atoms with van der Waals surface area (Å²) in [6.45, 7) is 2.41. The van der Waals surface area contributed by atoms with Crippen LogP contribution in [-0.2, 0) is 20.7 Å². The number of nitrogens with one attached hydrogen (secondary N) is 1. The van der Waals surface area contributed by atoms with Gasteiger partial charge in [0.15, 0.2) is 5.17 Å². The lowest BCUT2D eigenvalue weighted by Gasteiger charge is -2.32. The molecule has 1 N–H and O–H groups in total. The van der Waals surface area contributed by atoms with Crippen molar-refractivity contribution in [3.05, 3.63) is 94.0 Å². The summed E-state index contributed by atoms with van der Waals surface area (Å²) in [5.41, 5.74) is 2.56. The van der Waals surface area contributed by atoms with Crippen molar-refractivity contribution < 1.29 is 19.1 Å². The van der Waals surface area contributed by atoms with E-state index in [0.717, 1.165) is 5.56 Å². The van der Waals surface area contributed by atoms with Gasteiger partial charge in [-0.15, -0.1) is 0 Å². The molecule has 0 bridgehead atoms. The SMILES string of the molecule is CCOC(=O)c1ccc(N=C2SC(C(=O)Nc3ccc(Cl)cc3)CC(=O)N2CCc2ccc(Cl)cc2)cc1. The van der Waals surface area contributed by atoms with Crippen molar-refractivity contribution in [2.75, 3.05) is 18.5 Å². The maximum atomic E-state index is 13.2. The summed E-state index contributed by atoms with van der Waals surface area (Å²) in [5.74, 6) is -0.915. The number of anilines is 1. The third-order valence-electron chi connectivity index (χ3n) is 5.68. The number of amidine groups is 1. The molecule has 1 aliphatic rings. The van der Waals surface area contributed by atoms with E-state index in [9.17, 15) is 14.4 Å². The molecule has 3 aromatic rings. The van der Waals surface area contributed by atoms with Gasteiger partial charge in [0.2, 0.25) is 11.8 Å². The van der Waals surface area contributed by atoms with E-state index >= 15 is 0 Å². The molecule has 0 radical (unpaired) electrons. The van der Waals surface area contributed by atoms with Gasteiger partial charge in [0.25, 0.3) is 0 Å². The molecule has 7 nitrogen and oxygen atoms in total.